The second kappa shape index (κ2) is 6.06. The first-order valence-corrected chi connectivity index (χ1v) is 7.40. The zero-order chi connectivity index (χ0) is 14.7. The molecule has 3 nitrogen and oxygen atoms in total. The van der Waals surface area contributed by atoms with Gasteiger partial charge in [-0.15, -0.1) is 0 Å². The molecule has 0 atom stereocenters. The number of hydrogen-bond donors (Lipinski definition) is 1. The molecule has 2 aromatic rings. The van der Waals surface area contributed by atoms with Gasteiger partial charge in [-0.05, 0) is 29.3 Å². The molecular weight excluding hydrogens is 328 g/mol. The molecule has 1 heterocycles. The molecule has 0 aromatic heterocycles. The van der Waals surface area contributed by atoms with Crippen LogP contribution in [0.15, 0.2) is 69.8 Å². The van der Waals surface area contributed by atoms with E-state index < -0.39 is 0 Å². The van der Waals surface area contributed by atoms with Crippen molar-refractivity contribution in [1.82, 2.24) is 5.32 Å². The average molecular weight is 341 g/mol. The Labute approximate surface area is 131 Å². The number of carbonyl (C=O) groups is 1. The van der Waals surface area contributed by atoms with E-state index in [0.717, 1.165) is 15.6 Å². The summed E-state index contributed by atoms with van der Waals surface area (Å²) in [6.07, 6.45) is 2.42. The topological polar surface area (TPSA) is 41.5 Å². The van der Waals surface area contributed by atoms with Crippen LogP contribution in [0.4, 0.5) is 0 Å². The molecule has 2 aromatic carbocycles. The molecule has 0 spiro atoms. The van der Waals surface area contributed by atoms with Crippen molar-refractivity contribution in [2.75, 3.05) is 0 Å². The Hall–Kier alpha value is -2.20. The highest BCUT2D eigenvalue weighted by Gasteiger charge is 2.19. The smallest absolute Gasteiger partial charge is 0.275 e. The van der Waals surface area contributed by atoms with Gasteiger partial charge >= 0.3 is 0 Å². The third kappa shape index (κ3) is 3.47. The summed E-state index contributed by atoms with van der Waals surface area (Å²) in [5.74, 6) is 0.540. The number of halogens is 1. The molecule has 0 saturated heterocycles. The molecular formula is C17H13BrN2O. The Morgan fingerprint density at radius 1 is 1.05 bits per heavy atom. The Morgan fingerprint density at radius 2 is 1.76 bits per heavy atom. The molecule has 21 heavy (non-hydrogen) atoms. The number of nitrogens with one attached hydrogen (secondary N) is 1. The summed E-state index contributed by atoms with van der Waals surface area (Å²) in [6.45, 7) is 0. The molecule has 1 aliphatic heterocycles. The highest BCUT2D eigenvalue weighted by atomic mass is 79.9. The first-order valence-electron chi connectivity index (χ1n) is 6.61. The van der Waals surface area contributed by atoms with Crippen LogP contribution < -0.4 is 5.32 Å². The van der Waals surface area contributed by atoms with E-state index in [1.807, 2.05) is 54.6 Å². The highest BCUT2D eigenvalue weighted by Crippen LogP contribution is 2.16. The Kier molecular flexibility index (Phi) is 3.97. The van der Waals surface area contributed by atoms with Crippen LogP contribution in [0.25, 0.3) is 6.08 Å². The summed E-state index contributed by atoms with van der Waals surface area (Å²) in [5, 5.41) is 2.82. The van der Waals surface area contributed by atoms with Crippen molar-refractivity contribution in [1.29, 1.82) is 0 Å². The van der Waals surface area contributed by atoms with E-state index in [-0.39, 0.29) is 5.91 Å². The van der Waals surface area contributed by atoms with Crippen LogP contribution >= 0.6 is 15.9 Å². The van der Waals surface area contributed by atoms with Crippen molar-refractivity contribution in [2.24, 2.45) is 4.99 Å². The van der Waals surface area contributed by atoms with Gasteiger partial charge in [0, 0.05) is 10.9 Å². The maximum absolute atomic E-state index is 11.9. The van der Waals surface area contributed by atoms with Crippen LogP contribution in [-0.2, 0) is 11.2 Å². The van der Waals surface area contributed by atoms with E-state index >= 15 is 0 Å². The number of amidine groups is 1. The zero-order valence-corrected chi connectivity index (χ0v) is 12.8. The Morgan fingerprint density at radius 3 is 2.48 bits per heavy atom. The van der Waals surface area contributed by atoms with Gasteiger partial charge in [0.15, 0.2) is 0 Å². The zero-order valence-electron chi connectivity index (χ0n) is 11.2. The number of rotatable bonds is 3. The van der Waals surface area contributed by atoms with Crippen molar-refractivity contribution in [3.05, 3.63) is 75.9 Å². The fourth-order valence-corrected chi connectivity index (χ4v) is 2.37. The highest BCUT2D eigenvalue weighted by molar-refractivity contribution is 9.10. The van der Waals surface area contributed by atoms with Gasteiger partial charge in [0.1, 0.15) is 11.5 Å². The van der Waals surface area contributed by atoms with Gasteiger partial charge in [0.2, 0.25) is 0 Å². The molecule has 104 valence electrons. The fourth-order valence-electron chi connectivity index (χ4n) is 2.11. The van der Waals surface area contributed by atoms with Gasteiger partial charge in [-0.2, -0.15) is 0 Å². The van der Waals surface area contributed by atoms with Crippen LogP contribution in [0.5, 0.6) is 0 Å². The second-order valence-corrected chi connectivity index (χ2v) is 5.67. The lowest BCUT2D eigenvalue weighted by atomic mass is 10.1. The normalized spacial score (nSPS) is 16.0. The maximum Gasteiger partial charge on any atom is 0.275 e. The van der Waals surface area contributed by atoms with Crippen LogP contribution in [-0.4, -0.2) is 11.7 Å². The molecule has 0 radical (unpaired) electrons. The van der Waals surface area contributed by atoms with E-state index in [9.17, 15) is 4.79 Å². The second-order valence-electron chi connectivity index (χ2n) is 4.76. The Balaban J connectivity index is 1.80. The number of benzene rings is 2. The van der Waals surface area contributed by atoms with E-state index in [1.165, 1.54) is 0 Å². The quantitative estimate of drug-likeness (QED) is 0.852. The van der Waals surface area contributed by atoms with Gasteiger partial charge in [0.05, 0.1) is 0 Å². The first kappa shape index (κ1) is 13.8. The van der Waals surface area contributed by atoms with Gasteiger partial charge in [-0.3, -0.25) is 4.79 Å². The Bertz CT molecular complexity index is 718. The largest absolute Gasteiger partial charge is 0.308 e. The monoisotopic (exact) mass is 340 g/mol. The standard InChI is InChI=1S/C17H13BrN2O/c18-14-8-6-13(7-9-14)10-15-17(21)20-16(19-15)11-12-4-2-1-3-5-12/h1-10H,11H2,(H,19,20,21)/b15-10+. The van der Waals surface area contributed by atoms with Crippen molar-refractivity contribution in [3.63, 3.8) is 0 Å². The number of aliphatic imine (C=N–C) groups is 1. The summed E-state index contributed by atoms with van der Waals surface area (Å²) in [7, 11) is 0. The van der Waals surface area contributed by atoms with Crippen LogP contribution in [0.1, 0.15) is 11.1 Å². The molecule has 1 N–H and O–H groups in total. The summed E-state index contributed by atoms with van der Waals surface area (Å²) < 4.78 is 1.01. The minimum absolute atomic E-state index is 0.149. The molecule has 3 rings (SSSR count). The molecule has 0 aliphatic carbocycles. The fraction of sp³-hybridized carbons (Fsp3) is 0.0588. The molecule has 1 amide bonds. The lowest BCUT2D eigenvalue weighted by Crippen LogP contribution is -2.25. The number of hydrogen-bond acceptors (Lipinski definition) is 2. The third-order valence-corrected chi connectivity index (χ3v) is 3.66. The number of carbonyl (C=O) groups excluding carboxylic acids is 1. The van der Waals surface area contributed by atoms with Crippen LogP contribution in [0, 0.1) is 0 Å². The molecule has 4 heteroatoms. The molecule has 1 aliphatic rings. The van der Waals surface area contributed by atoms with Crippen molar-refractivity contribution in [3.8, 4) is 0 Å². The van der Waals surface area contributed by atoms with Crippen molar-refractivity contribution in [2.45, 2.75) is 6.42 Å². The predicted molar refractivity (Wildman–Crippen MR) is 87.8 cm³/mol. The maximum atomic E-state index is 11.9. The minimum Gasteiger partial charge on any atom is -0.308 e. The SMILES string of the molecule is O=C1NC(Cc2ccccc2)=N/C1=C/c1ccc(Br)cc1. The average Bonchev–Trinajstić information content (AvgIpc) is 2.82. The predicted octanol–water partition coefficient (Wildman–Crippen LogP) is 3.56. The lowest BCUT2D eigenvalue weighted by molar-refractivity contribution is -0.115. The third-order valence-electron chi connectivity index (χ3n) is 3.13. The van der Waals surface area contributed by atoms with E-state index in [0.29, 0.717) is 18.0 Å². The van der Waals surface area contributed by atoms with Gasteiger partial charge in [-0.25, -0.2) is 4.99 Å². The van der Waals surface area contributed by atoms with Gasteiger partial charge < -0.3 is 5.32 Å². The first-order chi connectivity index (χ1) is 10.2. The summed E-state index contributed by atoms with van der Waals surface area (Å²) in [5.41, 5.74) is 2.53. The van der Waals surface area contributed by atoms with E-state index in [2.05, 4.69) is 26.2 Å². The van der Waals surface area contributed by atoms with Crippen LogP contribution in [0.2, 0.25) is 0 Å². The van der Waals surface area contributed by atoms with E-state index in [4.69, 9.17) is 0 Å². The van der Waals surface area contributed by atoms with Gasteiger partial charge in [0.25, 0.3) is 5.91 Å². The summed E-state index contributed by atoms with van der Waals surface area (Å²) in [4.78, 5) is 16.3. The number of nitrogens with zero attached hydrogens (tertiary/aromatic N) is 1. The lowest BCUT2D eigenvalue weighted by Gasteiger charge is -1.99. The minimum atomic E-state index is -0.149. The van der Waals surface area contributed by atoms with E-state index in [1.54, 1.807) is 6.08 Å². The summed E-state index contributed by atoms with van der Waals surface area (Å²) >= 11 is 3.39. The van der Waals surface area contributed by atoms with Crippen LogP contribution in [0.3, 0.4) is 0 Å². The van der Waals surface area contributed by atoms with Crippen molar-refractivity contribution < 1.29 is 4.79 Å². The van der Waals surface area contributed by atoms with Crippen molar-refractivity contribution >= 4 is 33.7 Å². The summed E-state index contributed by atoms with van der Waals surface area (Å²) in [6, 6.07) is 17.7. The molecule has 0 saturated carbocycles. The molecule has 0 unspecified atom stereocenters. The van der Waals surface area contributed by atoms with Gasteiger partial charge in [-0.1, -0.05) is 58.4 Å². The molecule has 0 bridgehead atoms. The number of amides is 1. The molecule has 0 fully saturated rings.